The SMILES string of the molecule is COc1ccc([N+](=O)[O-])cc1OC(C)C(=O)Nc1ccc(I)cc1. The lowest BCUT2D eigenvalue weighted by molar-refractivity contribution is -0.385. The van der Waals surface area contributed by atoms with E-state index in [0.717, 1.165) is 3.57 Å². The zero-order chi connectivity index (χ0) is 17.7. The van der Waals surface area contributed by atoms with Crippen molar-refractivity contribution in [3.63, 3.8) is 0 Å². The lowest BCUT2D eigenvalue weighted by Gasteiger charge is -2.16. The zero-order valence-corrected chi connectivity index (χ0v) is 15.1. The Hall–Kier alpha value is -2.36. The van der Waals surface area contributed by atoms with E-state index >= 15 is 0 Å². The van der Waals surface area contributed by atoms with Gasteiger partial charge in [0.25, 0.3) is 11.6 Å². The first kappa shape index (κ1) is 18.0. The Labute approximate surface area is 152 Å². The number of hydrogen-bond acceptors (Lipinski definition) is 5. The van der Waals surface area contributed by atoms with Gasteiger partial charge in [0, 0.05) is 15.3 Å². The van der Waals surface area contributed by atoms with Gasteiger partial charge in [0.05, 0.1) is 18.1 Å². The number of hydrogen-bond donors (Lipinski definition) is 1. The average Bonchev–Trinajstić information content (AvgIpc) is 2.56. The minimum atomic E-state index is -0.861. The van der Waals surface area contributed by atoms with Crippen molar-refractivity contribution in [2.24, 2.45) is 0 Å². The second-order valence-electron chi connectivity index (χ2n) is 4.85. The topological polar surface area (TPSA) is 90.7 Å². The van der Waals surface area contributed by atoms with E-state index in [-0.39, 0.29) is 17.3 Å². The highest BCUT2D eigenvalue weighted by Gasteiger charge is 2.19. The van der Waals surface area contributed by atoms with Crippen LogP contribution in [0.25, 0.3) is 0 Å². The molecule has 7 nitrogen and oxygen atoms in total. The van der Waals surface area contributed by atoms with Crippen molar-refractivity contribution in [1.29, 1.82) is 0 Å². The second kappa shape index (κ2) is 7.95. The Morgan fingerprint density at radius 3 is 2.46 bits per heavy atom. The number of anilines is 1. The number of methoxy groups -OCH3 is 1. The molecule has 0 radical (unpaired) electrons. The number of nitrogens with zero attached hydrogens (tertiary/aromatic N) is 1. The molecule has 2 rings (SSSR count). The molecule has 0 saturated heterocycles. The lowest BCUT2D eigenvalue weighted by Crippen LogP contribution is -2.30. The summed E-state index contributed by atoms with van der Waals surface area (Å²) < 4.78 is 11.7. The molecule has 2 aromatic rings. The highest BCUT2D eigenvalue weighted by Crippen LogP contribution is 2.32. The van der Waals surface area contributed by atoms with E-state index < -0.39 is 11.0 Å². The van der Waals surface area contributed by atoms with Crippen molar-refractivity contribution in [3.8, 4) is 11.5 Å². The van der Waals surface area contributed by atoms with Crippen LogP contribution >= 0.6 is 22.6 Å². The number of carbonyl (C=O) groups excluding carboxylic acids is 1. The first-order chi connectivity index (χ1) is 11.4. The van der Waals surface area contributed by atoms with Gasteiger partial charge in [0.2, 0.25) is 0 Å². The number of amides is 1. The van der Waals surface area contributed by atoms with Crippen molar-refractivity contribution >= 4 is 39.9 Å². The van der Waals surface area contributed by atoms with Crippen LogP contribution in [0.2, 0.25) is 0 Å². The number of benzene rings is 2. The summed E-state index contributed by atoms with van der Waals surface area (Å²) in [4.78, 5) is 22.5. The summed E-state index contributed by atoms with van der Waals surface area (Å²) in [6.07, 6.45) is -0.861. The molecule has 1 unspecified atom stereocenters. The van der Waals surface area contributed by atoms with Crippen molar-refractivity contribution in [2.75, 3.05) is 12.4 Å². The van der Waals surface area contributed by atoms with Crippen LogP contribution in [0.15, 0.2) is 42.5 Å². The Balaban J connectivity index is 2.11. The molecule has 0 aromatic heterocycles. The minimum Gasteiger partial charge on any atom is -0.493 e. The van der Waals surface area contributed by atoms with Crippen LogP contribution in [0.3, 0.4) is 0 Å². The summed E-state index contributed by atoms with van der Waals surface area (Å²) in [7, 11) is 1.42. The van der Waals surface area contributed by atoms with Gasteiger partial charge < -0.3 is 14.8 Å². The summed E-state index contributed by atoms with van der Waals surface area (Å²) in [6, 6.07) is 11.3. The minimum absolute atomic E-state index is 0.136. The maximum atomic E-state index is 12.2. The molecule has 0 saturated carbocycles. The quantitative estimate of drug-likeness (QED) is 0.420. The molecule has 0 spiro atoms. The molecule has 24 heavy (non-hydrogen) atoms. The van der Waals surface area contributed by atoms with Crippen molar-refractivity contribution < 1.29 is 19.2 Å². The van der Waals surface area contributed by atoms with E-state index in [9.17, 15) is 14.9 Å². The summed E-state index contributed by atoms with van der Waals surface area (Å²) in [5.74, 6) is 0.0799. The van der Waals surface area contributed by atoms with Crippen LogP contribution < -0.4 is 14.8 Å². The molecular weight excluding hydrogens is 427 g/mol. The third-order valence-corrected chi connectivity index (χ3v) is 3.86. The van der Waals surface area contributed by atoms with Crippen LogP contribution in [0, 0.1) is 13.7 Å². The van der Waals surface area contributed by atoms with Gasteiger partial charge in [0.15, 0.2) is 17.6 Å². The number of carbonyl (C=O) groups is 1. The summed E-state index contributed by atoms with van der Waals surface area (Å²) in [6.45, 7) is 1.56. The second-order valence-corrected chi connectivity index (χ2v) is 6.09. The van der Waals surface area contributed by atoms with Gasteiger partial charge in [-0.15, -0.1) is 0 Å². The van der Waals surface area contributed by atoms with E-state index in [1.807, 2.05) is 12.1 Å². The van der Waals surface area contributed by atoms with Gasteiger partial charge in [-0.2, -0.15) is 0 Å². The number of nitro groups is 1. The molecule has 1 N–H and O–H groups in total. The van der Waals surface area contributed by atoms with Crippen molar-refractivity contribution in [2.45, 2.75) is 13.0 Å². The third-order valence-electron chi connectivity index (χ3n) is 3.14. The molecule has 0 bridgehead atoms. The number of nitrogens with one attached hydrogen (secondary N) is 1. The fraction of sp³-hybridized carbons (Fsp3) is 0.188. The molecule has 0 heterocycles. The number of rotatable bonds is 6. The molecule has 126 valence electrons. The van der Waals surface area contributed by atoms with Gasteiger partial charge in [-0.25, -0.2) is 0 Å². The Bertz CT molecular complexity index is 749. The van der Waals surface area contributed by atoms with E-state index in [1.165, 1.54) is 25.3 Å². The van der Waals surface area contributed by atoms with Crippen LogP contribution in [-0.4, -0.2) is 24.0 Å². The normalized spacial score (nSPS) is 11.5. The Morgan fingerprint density at radius 1 is 1.21 bits per heavy atom. The highest BCUT2D eigenvalue weighted by molar-refractivity contribution is 14.1. The number of nitro benzene ring substituents is 1. The van der Waals surface area contributed by atoms with Crippen molar-refractivity contribution in [1.82, 2.24) is 0 Å². The predicted molar refractivity (Wildman–Crippen MR) is 97.5 cm³/mol. The van der Waals surface area contributed by atoms with Gasteiger partial charge in [-0.05, 0) is 59.8 Å². The van der Waals surface area contributed by atoms with Crippen LogP contribution in [0.5, 0.6) is 11.5 Å². The summed E-state index contributed by atoms with van der Waals surface area (Å²) in [5, 5.41) is 13.6. The lowest BCUT2D eigenvalue weighted by atomic mass is 10.2. The highest BCUT2D eigenvalue weighted by atomic mass is 127. The average molecular weight is 442 g/mol. The van der Waals surface area contributed by atoms with Gasteiger partial charge in [-0.3, -0.25) is 14.9 Å². The maximum absolute atomic E-state index is 12.2. The Kier molecular flexibility index (Phi) is 5.96. The summed E-state index contributed by atoms with van der Waals surface area (Å²) in [5.41, 5.74) is 0.498. The molecule has 8 heteroatoms. The van der Waals surface area contributed by atoms with E-state index in [1.54, 1.807) is 19.1 Å². The molecule has 1 amide bonds. The van der Waals surface area contributed by atoms with Gasteiger partial charge in [-0.1, -0.05) is 0 Å². The zero-order valence-electron chi connectivity index (χ0n) is 13.0. The van der Waals surface area contributed by atoms with E-state index in [2.05, 4.69) is 27.9 Å². The molecule has 1 atom stereocenters. The third kappa shape index (κ3) is 4.57. The van der Waals surface area contributed by atoms with E-state index in [4.69, 9.17) is 9.47 Å². The predicted octanol–water partition coefficient (Wildman–Crippen LogP) is 3.61. The number of ether oxygens (including phenoxy) is 2. The number of halogens is 1. The molecule has 2 aromatic carbocycles. The first-order valence-corrected chi connectivity index (χ1v) is 8.04. The molecule has 0 aliphatic carbocycles. The van der Waals surface area contributed by atoms with Crippen molar-refractivity contribution in [3.05, 3.63) is 56.1 Å². The number of non-ortho nitro benzene ring substituents is 1. The van der Waals surface area contributed by atoms with Gasteiger partial charge >= 0.3 is 0 Å². The first-order valence-electron chi connectivity index (χ1n) is 6.96. The fourth-order valence-electron chi connectivity index (χ4n) is 1.89. The smallest absolute Gasteiger partial charge is 0.273 e. The Morgan fingerprint density at radius 2 is 1.88 bits per heavy atom. The van der Waals surface area contributed by atoms with Crippen LogP contribution in [-0.2, 0) is 4.79 Å². The summed E-state index contributed by atoms with van der Waals surface area (Å²) >= 11 is 2.17. The fourth-order valence-corrected chi connectivity index (χ4v) is 2.25. The largest absolute Gasteiger partial charge is 0.493 e. The maximum Gasteiger partial charge on any atom is 0.273 e. The molecule has 0 aliphatic rings. The van der Waals surface area contributed by atoms with Crippen LogP contribution in [0.1, 0.15) is 6.92 Å². The molecule has 0 fully saturated rings. The monoisotopic (exact) mass is 442 g/mol. The van der Waals surface area contributed by atoms with Gasteiger partial charge in [0.1, 0.15) is 0 Å². The molecule has 0 aliphatic heterocycles. The molecular formula is C16H15IN2O5. The van der Waals surface area contributed by atoms with E-state index in [0.29, 0.717) is 11.4 Å². The standard InChI is InChI=1S/C16H15IN2O5/c1-10(16(20)18-12-5-3-11(17)4-6-12)24-15-9-13(19(21)22)7-8-14(15)23-2/h3-10H,1-2H3,(H,18,20). The van der Waals surface area contributed by atoms with Crippen LogP contribution in [0.4, 0.5) is 11.4 Å².